The van der Waals surface area contributed by atoms with Gasteiger partial charge in [0, 0.05) is 50.6 Å². The van der Waals surface area contributed by atoms with Crippen molar-refractivity contribution in [3.05, 3.63) is 207 Å². The van der Waals surface area contributed by atoms with E-state index in [2.05, 4.69) is 187 Å². The Bertz CT molecular complexity index is 2870. The van der Waals surface area contributed by atoms with Crippen molar-refractivity contribution in [3.63, 3.8) is 0 Å². The first-order valence-corrected chi connectivity index (χ1v) is 21.6. The highest BCUT2D eigenvalue weighted by atomic mass is 15.2. The zero-order chi connectivity index (χ0) is 38.5. The molecule has 0 bridgehead atoms. The van der Waals surface area contributed by atoms with Crippen LogP contribution in [0.2, 0.25) is 0 Å². The predicted molar refractivity (Wildman–Crippen MR) is 245 cm³/mol. The minimum absolute atomic E-state index is 0.143. The largest absolute Gasteiger partial charge is 0.337 e. The summed E-state index contributed by atoms with van der Waals surface area (Å²) in [5.41, 5.74) is 22.3. The molecule has 4 unspecified atom stereocenters. The molecule has 4 aromatic carbocycles. The molecule has 0 radical (unpaired) electrons. The van der Waals surface area contributed by atoms with Gasteiger partial charge in [0.05, 0.1) is 11.6 Å². The van der Waals surface area contributed by atoms with Gasteiger partial charge in [-0.2, -0.15) is 0 Å². The molecule has 0 saturated carbocycles. The van der Waals surface area contributed by atoms with E-state index >= 15 is 0 Å². The zero-order valence-corrected chi connectivity index (χ0v) is 33.5. The summed E-state index contributed by atoms with van der Waals surface area (Å²) in [6, 6.07) is 34.4. The number of nitrogens with zero attached hydrogens (tertiary/aromatic N) is 2. The summed E-state index contributed by atoms with van der Waals surface area (Å²) >= 11 is 0. The summed E-state index contributed by atoms with van der Waals surface area (Å²) in [6.45, 7) is 4.92. The van der Waals surface area contributed by atoms with Crippen molar-refractivity contribution < 1.29 is 0 Å². The number of hydrogen-bond donors (Lipinski definition) is 0. The van der Waals surface area contributed by atoms with Crippen LogP contribution in [0.1, 0.15) is 84.2 Å². The second-order valence-corrected chi connectivity index (χ2v) is 17.6. The number of allylic oxidation sites excluding steroid dienone is 14. The number of rotatable bonds is 5. The first-order chi connectivity index (χ1) is 28.6. The summed E-state index contributed by atoms with van der Waals surface area (Å²) in [5, 5.41) is 1.36. The van der Waals surface area contributed by atoms with Gasteiger partial charge in [-0.15, -0.1) is 0 Å². The summed E-state index contributed by atoms with van der Waals surface area (Å²) < 4.78 is 2.58. The molecule has 2 heteroatoms. The molecule has 0 aliphatic heterocycles. The normalized spacial score (nSPS) is 24.6. The maximum Gasteiger partial charge on any atom is 0.0564 e. The van der Waals surface area contributed by atoms with Crippen LogP contribution in [-0.4, -0.2) is 10.6 Å². The minimum Gasteiger partial charge on any atom is -0.337 e. The van der Waals surface area contributed by atoms with Crippen LogP contribution in [0.25, 0.3) is 46.0 Å². The third-order valence-electron chi connectivity index (χ3n) is 14.3. The number of hydrogen-bond acceptors (Lipinski definition) is 1. The Morgan fingerprint density at radius 3 is 2.50 bits per heavy atom. The maximum absolute atomic E-state index is 2.83. The summed E-state index contributed by atoms with van der Waals surface area (Å²) in [7, 11) is 0. The molecule has 0 N–H and O–H groups in total. The zero-order valence-electron chi connectivity index (χ0n) is 33.5. The molecular weight excluding hydrogens is 701 g/mol. The minimum atomic E-state index is -0.177. The molecule has 0 amide bonds. The highest BCUT2D eigenvalue weighted by Gasteiger charge is 2.53. The summed E-state index contributed by atoms with van der Waals surface area (Å²) in [4.78, 5) is 2.83. The van der Waals surface area contributed by atoms with E-state index < -0.39 is 0 Å². The smallest absolute Gasteiger partial charge is 0.0564 e. The molecule has 7 aliphatic rings. The average molecular weight is 749 g/mol. The molecule has 7 aliphatic carbocycles. The number of aromatic nitrogens is 1. The molecule has 4 atom stereocenters. The molecule has 0 fully saturated rings. The molecule has 12 rings (SSSR count). The van der Waals surface area contributed by atoms with Gasteiger partial charge in [0.15, 0.2) is 0 Å². The first kappa shape index (κ1) is 34.0. The molecule has 0 spiro atoms. The Morgan fingerprint density at radius 2 is 1.57 bits per heavy atom. The Labute approximate surface area is 342 Å². The van der Waals surface area contributed by atoms with Gasteiger partial charge in [-0.25, -0.2) is 0 Å². The highest BCUT2D eigenvalue weighted by Crippen LogP contribution is 2.62. The third-order valence-corrected chi connectivity index (χ3v) is 14.3. The van der Waals surface area contributed by atoms with Gasteiger partial charge in [-0.3, -0.25) is 0 Å². The number of para-hydroxylation sites is 1. The molecule has 5 aromatic rings. The fraction of sp³-hybridized carbons (Fsp3) is 0.214. The lowest BCUT2D eigenvalue weighted by Gasteiger charge is -2.45. The third kappa shape index (κ3) is 4.84. The second kappa shape index (κ2) is 12.9. The quantitative estimate of drug-likeness (QED) is 0.174. The van der Waals surface area contributed by atoms with Crippen molar-refractivity contribution in [1.82, 2.24) is 4.57 Å². The van der Waals surface area contributed by atoms with Crippen LogP contribution < -0.4 is 4.90 Å². The van der Waals surface area contributed by atoms with E-state index in [1.807, 2.05) is 0 Å². The fourth-order valence-corrected chi connectivity index (χ4v) is 11.9. The van der Waals surface area contributed by atoms with Crippen molar-refractivity contribution in [3.8, 4) is 0 Å². The molecule has 1 aromatic heterocycles. The van der Waals surface area contributed by atoms with E-state index in [9.17, 15) is 0 Å². The number of fused-ring (bicyclic) bond motifs is 9. The lowest BCUT2D eigenvalue weighted by molar-refractivity contribution is 0.467. The lowest BCUT2D eigenvalue weighted by Crippen LogP contribution is -2.42. The highest BCUT2D eigenvalue weighted by molar-refractivity contribution is 6.04. The Morgan fingerprint density at radius 1 is 0.724 bits per heavy atom. The van der Waals surface area contributed by atoms with Gasteiger partial charge in [-0.1, -0.05) is 160 Å². The van der Waals surface area contributed by atoms with Gasteiger partial charge in [0.1, 0.15) is 0 Å². The van der Waals surface area contributed by atoms with Crippen molar-refractivity contribution in [1.29, 1.82) is 0 Å². The van der Waals surface area contributed by atoms with Crippen LogP contribution in [0, 0.1) is 11.8 Å². The average Bonchev–Trinajstić information content (AvgIpc) is 3.74. The number of anilines is 1. The van der Waals surface area contributed by atoms with Crippen LogP contribution >= 0.6 is 0 Å². The second-order valence-electron chi connectivity index (χ2n) is 17.6. The SMILES string of the molecule is CC1C=Cc2c(cccc2N(C2=C3C(=CCC2)c2cccc4c2C3(C)C2C=CC=CC2=C4)C2C=Cc3c(c4ccccc4n3C3=CCCC=C3c3ccccc3)C2)C1. The van der Waals surface area contributed by atoms with Crippen molar-refractivity contribution in [2.45, 2.75) is 63.8 Å². The fourth-order valence-electron chi connectivity index (χ4n) is 11.9. The van der Waals surface area contributed by atoms with Gasteiger partial charge in [0.25, 0.3) is 0 Å². The first-order valence-electron chi connectivity index (χ1n) is 21.6. The molecule has 282 valence electrons. The lowest BCUT2D eigenvalue weighted by atomic mass is 9.61. The summed E-state index contributed by atoms with van der Waals surface area (Å²) in [5.74, 6) is 0.824. The van der Waals surface area contributed by atoms with E-state index in [1.54, 1.807) is 0 Å². The van der Waals surface area contributed by atoms with E-state index in [0.717, 1.165) is 38.5 Å². The molecule has 1 heterocycles. The predicted octanol–water partition coefficient (Wildman–Crippen LogP) is 13.6. The van der Waals surface area contributed by atoms with Gasteiger partial charge in [-0.05, 0) is 113 Å². The van der Waals surface area contributed by atoms with Crippen LogP contribution in [0.4, 0.5) is 5.69 Å². The van der Waals surface area contributed by atoms with Gasteiger partial charge in [0.2, 0.25) is 0 Å². The molecule has 2 nitrogen and oxygen atoms in total. The Balaban J connectivity index is 1.07. The van der Waals surface area contributed by atoms with Gasteiger partial charge >= 0.3 is 0 Å². The molecular formula is C56H48N2. The molecule has 58 heavy (non-hydrogen) atoms. The van der Waals surface area contributed by atoms with Crippen molar-refractivity contribution in [2.75, 3.05) is 4.90 Å². The van der Waals surface area contributed by atoms with Crippen molar-refractivity contribution in [2.24, 2.45) is 11.8 Å². The topological polar surface area (TPSA) is 8.17 Å². The van der Waals surface area contributed by atoms with E-state index in [4.69, 9.17) is 0 Å². The standard InChI is InChI=1S/C56H48N2/c1-36-29-31-43-38(33-36)18-13-27-49(43)57(53-28-14-23-46-45-22-12-19-40-34-39-17-6-9-24-48(39)56(2,54(40)45)55(46)53)41-30-32-52-47(35-41)44-21-8-11-26-51(44)58(52)50-25-10-7-20-42(50)37-15-4-3-5-16-37/h3-6,8-9,11-13,15-27,29-32,34,36,41,48H,7,10,14,28,33,35H2,1-2H3. The Kier molecular flexibility index (Phi) is 7.58. The maximum atomic E-state index is 2.83. The monoisotopic (exact) mass is 748 g/mol. The van der Waals surface area contributed by atoms with Crippen LogP contribution in [0.15, 0.2) is 163 Å². The van der Waals surface area contributed by atoms with E-state index in [-0.39, 0.29) is 17.4 Å². The van der Waals surface area contributed by atoms with Crippen molar-refractivity contribution >= 4 is 51.7 Å². The summed E-state index contributed by atoms with van der Waals surface area (Å²) in [6.07, 6.45) is 35.4. The number of benzene rings is 4. The van der Waals surface area contributed by atoms with E-state index in [0.29, 0.717) is 5.92 Å². The Hall–Kier alpha value is -6.12. The molecule has 0 saturated heterocycles. The van der Waals surface area contributed by atoms with Crippen LogP contribution in [0.5, 0.6) is 0 Å². The van der Waals surface area contributed by atoms with Crippen LogP contribution in [-0.2, 0) is 18.3 Å². The van der Waals surface area contributed by atoms with E-state index in [1.165, 1.54) is 94.9 Å². The van der Waals surface area contributed by atoms with Gasteiger partial charge < -0.3 is 9.47 Å². The van der Waals surface area contributed by atoms with Crippen LogP contribution in [0.3, 0.4) is 0 Å².